The molecule has 2 fully saturated rings. The zero-order chi connectivity index (χ0) is 14.5. The van der Waals surface area contributed by atoms with Crippen molar-refractivity contribution >= 4 is 11.8 Å². The van der Waals surface area contributed by atoms with E-state index in [-0.39, 0.29) is 23.9 Å². The van der Waals surface area contributed by atoms with Gasteiger partial charge in [-0.15, -0.1) is 0 Å². The van der Waals surface area contributed by atoms with Crippen molar-refractivity contribution in [2.24, 2.45) is 11.8 Å². The van der Waals surface area contributed by atoms with Crippen LogP contribution in [0.3, 0.4) is 0 Å². The van der Waals surface area contributed by atoms with Gasteiger partial charge in [-0.1, -0.05) is 32.6 Å². The van der Waals surface area contributed by atoms with Gasteiger partial charge in [-0.3, -0.25) is 9.59 Å². The molecule has 0 aromatic heterocycles. The summed E-state index contributed by atoms with van der Waals surface area (Å²) in [4.78, 5) is 23.9. The van der Waals surface area contributed by atoms with Crippen LogP contribution in [-0.4, -0.2) is 23.9 Å². The molecule has 0 unspecified atom stereocenters. The van der Waals surface area contributed by atoms with Crippen molar-refractivity contribution in [3.05, 3.63) is 0 Å². The first kappa shape index (κ1) is 15.3. The third-order valence-corrected chi connectivity index (χ3v) is 4.95. The highest BCUT2D eigenvalue weighted by Crippen LogP contribution is 2.29. The molecule has 0 aromatic carbocycles. The molecule has 114 valence electrons. The molecular formula is C16H28N2O2. The minimum atomic E-state index is -0.330. The first-order chi connectivity index (χ1) is 9.58. The second-order valence-corrected chi connectivity index (χ2v) is 6.60. The Labute approximate surface area is 122 Å². The molecule has 2 saturated carbocycles. The predicted octanol–water partition coefficient (Wildman–Crippen LogP) is 2.38. The van der Waals surface area contributed by atoms with Crippen LogP contribution in [0.25, 0.3) is 0 Å². The summed E-state index contributed by atoms with van der Waals surface area (Å²) in [6.07, 6.45) is 9.19. The Balaban J connectivity index is 1.96. The number of amides is 2. The van der Waals surface area contributed by atoms with Crippen LogP contribution in [0.5, 0.6) is 0 Å². The molecule has 0 aliphatic heterocycles. The monoisotopic (exact) mass is 280 g/mol. The molecule has 4 heteroatoms. The summed E-state index contributed by atoms with van der Waals surface area (Å²) in [6, 6.07) is -0.0435. The van der Waals surface area contributed by atoms with Gasteiger partial charge in [0.1, 0.15) is 6.04 Å². The minimum Gasteiger partial charge on any atom is -0.351 e. The molecule has 2 aliphatic rings. The van der Waals surface area contributed by atoms with Gasteiger partial charge in [0.2, 0.25) is 11.8 Å². The summed E-state index contributed by atoms with van der Waals surface area (Å²) in [6.45, 7) is 3.71. The molecule has 0 heterocycles. The normalized spacial score (nSPS) is 28.9. The summed E-state index contributed by atoms with van der Waals surface area (Å²) in [5.74, 6) is 0.798. The molecule has 3 atom stereocenters. The molecule has 2 aliphatic carbocycles. The fourth-order valence-corrected chi connectivity index (χ4v) is 3.71. The lowest BCUT2D eigenvalue weighted by molar-refractivity contribution is -0.130. The number of hydrogen-bond donors (Lipinski definition) is 2. The number of carbonyl (C=O) groups excluding carboxylic acids is 2. The molecule has 0 bridgehead atoms. The van der Waals surface area contributed by atoms with Crippen molar-refractivity contribution < 1.29 is 9.59 Å². The van der Waals surface area contributed by atoms with E-state index in [1.165, 1.54) is 39.0 Å². The largest absolute Gasteiger partial charge is 0.351 e. The van der Waals surface area contributed by atoms with Crippen LogP contribution in [0.15, 0.2) is 0 Å². The van der Waals surface area contributed by atoms with Crippen molar-refractivity contribution in [2.45, 2.75) is 77.3 Å². The maximum atomic E-state index is 12.6. The molecule has 0 saturated heterocycles. The maximum Gasteiger partial charge on any atom is 0.243 e. The zero-order valence-electron chi connectivity index (χ0n) is 12.8. The third-order valence-electron chi connectivity index (χ3n) is 4.95. The predicted molar refractivity (Wildman–Crippen MR) is 79.1 cm³/mol. The lowest BCUT2D eigenvalue weighted by atomic mass is 9.85. The Hall–Kier alpha value is -1.06. The second-order valence-electron chi connectivity index (χ2n) is 6.60. The molecular weight excluding hydrogens is 252 g/mol. The third kappa shape index (κ3) is 3.97. The smallest absolute Gasteiger partial charge is 0.243 e. The van der Waals surface area contributed by atoms with Crippen molar-refractivity contribution in [1.29, 1.82) is 0 Å². The molecule has 20 heavy (non-hydrogen) atoms. The molecule has 0 aromatic rings. The van der Waals surface area contributed by atoms with Crippen LogP contribution in [0, 0.1) is 11.8 Å². The van der Waals surface area contributed by atoms with E-state index in [1.54, 1.807) is 0 Å². The first-order valence-electron chi connectivity index (χ1n) is 8.15. The van der Waals surface area contributed by atoms with Gasteiger partial charge in [0.05, 0.1) is 0 Å². The number of rotatable bonds is 4. The Morgan fingerprint density at radius 1 is 1.00 bits per heavy atom. The second kappa shape index (κ2) is 7.09. The summed E-state index contributed by atoms with van der Waals surface area (Å²) in [5.41, 5.74) is 0. The van der Waals surface area contributed by atoms with E-state index < -0.39 is 0 Å². The molecule has 2 amide bonds. The van der Waals surface area contributed by atoms with Crippen LogP contribution in [0.2, 0.25) is 0 Å². The topological polar surface area (TPSA) is 58.2 Å². The summed E-state index contributed by atoms with van der Waals surface area (Å²) in [7, 11) is 0. The van der Waals surface area contributed by atoms with Crippen LogP contribution in [-0.2, 0) is 9.59 Å². The van der Waals surface area contributed by atoms with Crippen LogP contribution < -0.4 is 10.6 Å². The quantitative estimate of drug-likeness (QED) is 0.830. The SMILES string of the molecule is CC(=O)N[C@H](C(=O)N[C@@H]1CCCC[C@@H]1C)C1CCCC1. The van der Waals surface area contributed by atoms with Crippen molar-refractivity contribution in [1.82, 2.24) is 10.6 Å². The number of nitrogens with one attached hydrogen (secondary N) is 2. The minimum absolute atomic E-state index is 0.0332. The molecule has 0 spiro atoms. The summed E-state index contributed by atoms with van der Waals surface area (Å²) in [5, 5.41) is 6.07. The van der Waals surface area contributed by atoms with Gasteiger partial charge in [-0.25, -0.2) is 0 Å². The average molecular weight is 280 g/mol. The van der Waals surface area contributed by atoms with Gasteiger partial charge in [0.15, 0.2) is 0 Å². The van der Waals surface area contributed by atoms with Crippen molar-refractivity contribution in [2.75, 3.05) is 0 Å². The van der Waals surface area contributed by atoms with Crippen LogP contribution in [0.1, 0.15) is 65.2 Å². The van der Waals surface area contributed by atoms with E-state index in [4.69, 9.17) is 0 Å². The first-order valence-corrected chi connectivity index (χ1v) is 8.15. The Kier molecular flexibility index (Phi) is 5.44. The summed E-state index contributed by atoms with van der Waals surface area (Å²) >= 11 is 0. The fraction of sp³-hybridized carbons (Fsp3) is 0.875. The standard InChI is InChI=1S/C16H28N2O2/c1-11-7-3-6-10-14(11)18-16(20)15(17-12(2)19)13-8-4-5-9-13/h11,13-15H,3-10H2,1-2H3,(H,17,19)(H,18,20)/t11-,14+,15-/m0/s1. The molecule has 0 radical (unpaired) electrons. The Morgan fingerprint density at radius 3 is 2.20 bits per heavy atom. The van der Waals surface area contributed by atoms with E-state index in [0.29, 0.717) is 11.8 Å². The van der Waals surface area contributed by atoms with E-state index in [1.807, 2.05) is 0 Å². The van der Waals surface area contributed by atoms with Gasteiger partial charge in [-0.2, -0.15) is 0 Å². The summed E-state index contributed by atoms with van der Waals surface area (Å²) < 4.78 is 0. The molecule has 4 nitrogen and oxygen atoms in total. The average Bonchev–Trinajstić information content (AvgIpc) is 2.92. The van der Waals surface area contributed by atoms with Crippen molar-refractivity contribution in [3.63, 3.8) is 0 Å². The van der Waals surface area contributed by atoms with Crippen LogP contribution in [0.4, 0.5) is 0 Å². The maximum absolute atomic E-state index is 12.6. The van der Waals surface area contributed by atoms with E-state index in [0.717, 1.165) is 19.3 Å². The highest BCUT2D eigenvalue weighted by atomic mass is 16.2. The van der Waals surface area contributed by atoms with Gasteiger partial charge in [0.25, 0.3) is 0 Å². The Morgan fingerprint density at radius 2 is 1.60 bits per heavy atom. The van der Waals surface area contributed by atoms with Gasteiger partial charge in [-0.05, 0) is 37.5 Å². The highest BCUT2D eigenvalue weighted by Gasteiger charge is 2.33. The Bertz CT molecular complexity index is 350. The fourth-order valence-electron chi connectivity index (χ4n) is 3.71. The molecule has 2 N–H and O–H groups in total. The number of carbonyl (C=O) groups is 2. The van der Waals surface area contributed by atoms with E-state index in [9.17, 15) is 9.59 Å². The van der Waals surface area contributed by atoms with Gasteiger partial charge < -0.3 is 10.6 Å². The highest BCUT2D eigenvalue weighted by molar-refractivity contribution is 5.87. The van der Waals surface area contributed by atoms with E-state index >= 15 is 0 Å². The lowest BCUT2D eigenvalue weighted by Gasteiger charge is -2.32. The van der Waals surface area contributed by atoms with Crippen molar-refractivity contribution in [3.8, 4) is 0 Å². The van der Waals surface area contributed by atoms with E-state index in [2.05, 4.69) is 17.6 Å². The van der Waals surface area contributed by atoms with Gasteiger partial charge >= 0.3 is 0 Å². The van der Waals surface area contributed by atoms with Crippen LogP contribution >= 0.6 is 0 Å². The van der Waals surface area contributed by atoms with Gasteiger partial charge in [0, 0.05) is 13.0 Å². The number of hydrogen-bond acceptors (Lipinski definition) is 2. The lowest BCUT2D eigenvalue weighted by Crippen LogP contribution is -2.53. The zero-order valence-corrected chi connectivity index (χ0v) is 12.8. The molecule has 2 rings (SSSR count).